The maximum Gasteiger partial charge on any atom is 0.0447 e. The number of hydrogen-bond acceptors (Lipinski definition) is 2. The van der Waals surface area contributed by atoms with E-state index in [0.717, 1.165) is 19.5 Å². The summed E-state index contributed by atoms with van der Waals surface area (Å²) in [5, 5.41) is 6.77. The van der Waals surface area contributed by atoms with Crippen molar-refractivity contribution in [3.8, 4) is 0 Å². The third kappa shape index (κ3) is 1.74. The molecule has 1 unspecified atom stereocenters. The summed E-state index contributed by atoms with van der Waals surface area (Å²) >= 11 is 0. The van der Waals surface area contributed by atoms with E-state index >= 15 is 0 Å². The predicted molar refractivity (Wildman–Crippen MR) is 54.8 cm³/mol. The first-order valence-electron chi connectivity index (χ1n) is 4.87. The molecule has 0 fully saturated rings. The highest BCUT2D eigenvalue weighted by molar-refractivity contribution is 5.31. The van der Waals surface area contributed by atoms with E-state index in [1.165, 1.54) is 11.1 Å². The topological polar surface area (TPSA) is 24.1 Å². The minimum atomic E-state index is 0.471. The Kier molecular flexibility index (Phi) is 2.62. The van der Waals surface area contributed by atoms with Crippen molar-refractivity contribution < 1.29 is 0 Å². The van der Waals surface area contributed by atoms with Crippen LogP contribution in [0.25, 0.3) is 0 Å². The summed E-state index contributed by atoms with van der Waals surface area (Å²) in [5.41, 5.74) is 2.93. The lowest BCUT2D eigenvalue weighted by molar-refractivity contribution is 0.549. The number of likely N-dealkylation sites (N-methyl/N-ethyl adjacent to an activating group) is 1. The van der Waals surface area contributed by atoms with Crippen LogP contribution >= 0.6 is 0 Å². The van der Waals surface area contributed by atoms with Gasteiger partial charge in [-0.2, -0.15) is 0 Å². The first-order chi connectivity index (χ1) is 6.42. The van der Waals surface area contributed by atoms with Crippen LogP contribution in [-0.4, -0.2) is 20.1 Å². The Morgan fingerprint density at radius 1 is 1.38 bits per heavy atom. The van der Waals surface area contributed by atoms with Crippen LogP contribution in [-0.2, 0) is 6.42 Å². The van der Waals surface area contributed by atoms with Crippen LogP contribution in [0.2, 0.25) is 0 Å². The van der Waals surface area contributed by atoms with Crippen LogP contribution in [0.15, 0.2) is 24.3 Å². The van der Waals surface area contributed by atoms with Crippen molar-refractivity contribution in [1.29, 1.82) is 0 Å². The van der Waals surface area contributed by atoms with Gasteiger partial charge in [0.15, 0.2) is 0 Å². The van der Waals surface area contributed by atoms with Gasteiger partial charge in [-0.1, -0.05) is 24.3 Å². The summed E-state index contributed by atoms with van der Waals surface area (Å²) < 4.78 is 0. The lowest BCUT2D eigenvalue weighted by Crippen LogP contribution is -2.27. The molecule has 2 heteroatoms. The van der Waals surface area contributed by atoms with Crippen molar-refractivity contribution in [2.75, 3.05) is 20.1 Å². The summed E-state index contributed by atoms with van der Waals surface area (Å²) in [7, 11) is 2.02. The van der Waals surface area contributed by atoms with E-state index < -0.39 is 0 Å². The molecule has 1 heterocycles. The molecule has 0 aliphatic carbocycles. The Morgan fingerprint density at radius 2 is 2.23 bits per heavy atom. The van der Waals surface area contributed by atoms with Crippen molar-refractivity contribution in [1.82, 2.24) is 10.6 Å². The van der Waals surface area contributed by atoms with Gasteiger partial charge in [0.05, 0.1) is 0 Å². The zero-order valence-electron chi connectivity index (χ0n) is 8.01. The quantitative estimate of drug-likeness (QED) is 0.669. The highest BCUT2D eigenvalue weighted by Crippen LogP contribution is 2.19. The summed E-state index contributed by atoms with van der Waals surface area (Å²) in [4.78, 5) is 0. The van der Waals surface area contributed by atoms with E-state index in [-0.39, 0.29) is 0 Å². The van der Waals surface area contributed by atoms with Crippen LogP contribution in [0.4, 0.5) is 0 Å². The molecule has 0 amide bonds. The second-order valence-corrected chi connectivity index (χ2v) is 3.49. The predicted octanol–water partition coefficient (Wildman–Crippen LogP) is 1.09. The van der Waals surface area contributed by atoms with E-state index in [9.17, 15) is 0 Å². The first-order valence-corrected chi connectivity index (χ1v) is 4.87. The van der Waals surface area contributed by atoms with Crippen LogP contribution in [0.3, 0.4) is 0 Å². The molecule has 0 saturated heterocycles. The highest BCUT2D eigenvalue weighted by atomic mass is 15.0. The molecule has 70 valence electrons. The Balaban J connectivity index is 2.35. The molecular weight excluding hydrogens is 160 g/mol. The monoisotopic (exact) mass is 176 g/mol. The van der Waals surface area contributed by atoms with E-state index in [0.29, 0.717) is 6.04 Å². The molecule has 1 aromatic carbocycles. The lowest BCUT2D eigenvalue weighted by Gasteiger charge is -2.16. The van der Waals surface area contributed by atoms with E-state index in [2.05, 4.69) is 34.9 Å². The third-order valence-corrected chi connectivity index (χ3v) is 2.70. The van der Waals surface area contributed by atoms with Crippen molar-refractivity contribution in [3.05, 3.63) is 35.4 Å². The zero-order valence-corrected chi connectivity index (χ0v) is 8.01. The SMILES string of the molecule is CNC1CNCCc2ccccc21. The Labute approximate surface area is 79.4 Å². The molecule has 2 rings (SSSR count). The largest absolute Gasteiger partial charge is 0.315 e. The van der Waals surface area contributed by atoms with E-state index in [4.69, 9.17) is 0 Å². The number of hydrogen-bond donors (Lipinski definition) is 2. The molecule has 1 atom stereocenters. The molecule has 2 N–H and O–H groups in total. The second kappa shape index (κ2) is 3.90. The number of benzene rings is 1. The van der Waals surface area contributed by atoms with Crippen molar-refractivity contribution in [3.63, 3.8) is 0 Å². The highest BCUT2D eigenvalue weighted by Gasteiger charge is 2.15. The summed E-state index contributed by atoms with van der Waals surface area (Å²) in [5.74, 6) is 0. The van der Waals surface area contributed by atoms with Gasteiger partial charge >= 0.3 is 0 Å². The van der Waals surface area contributed by atoms with Crippen LogP contribution in [0.5, 0.6) is 0 Å². The van der Waals surface area contributed by atoms with Gasteiger partial charge < -0.3 is 10.6 Å². The summed E-state index contributed by atoms with van der Waals surface area (Å²) in [6.07, 6.45) is 1.15. The molecule has 0 spiro atoms. The van der Waals surface area contributed by atoms with Crippen molar-refractivity contribution >= 4 is 0 Å². The molecule has 0 aromatic heterocycles. The van der Waals surface area contributed by atoms with Gasteiger partial charge in [0, 0.05) is 12.6 Å². The fraction of sp³-hybridized carbons (Fsp3) is 0.455. The summed E-state index contributed by atoms with van der Waals surface area (Å²) in [6.45, 7) is 2.13. The van der Waals surface area contributed by atoms with Gasteiger partial charge in [0.1, 0.15) is 0 Å². The standard InChI is InChI=1S/C11H16N2/c1-12-11-8-13-7-6-9-4-2-3-5-10(9)11/h2-5,11-13H,6-8H2,1H3. The van der Waals surface area contributed by atoms with Gasteiger partial charge in [0.2, 0.25) is 0 Å². The molecule has 0 radical (unpaired) electrons. The number of rotatable bonds is 1. The van der Waals surface area contributed by atoms with Gasteiger partial charge in [-0.15, -0.1) is 0 Å². The van der Waals surface area contributed by atoms with E-state index in [1.807, 2.05) is 7.05 Å². The van der Waals surface area contributed by atoms with Gasteiger partial charge in [-0.25, -0.2) is 0 Å². The summed E-state index contributed by atoms with van der Waals surface area (Å²) in [6, 6.07) is 9.17. The Morgan fingerprint density at radius 3 is 3.08 bits per heavy atom. The first kappa shape index (κ1) is 8.73. The molecule has 1 aromatic rings. The minimum Gasteiger partial charge on any atom is -0.315 e. The fourth-order valence-corrected chi connectivity index (χ4v) is 1.94. The maximum absolute atomic E-state index is 3.43. The average molecular weight is 176 g/mol. The molecule has 2 nitrogen and oxygen atoms in total. The van der Waals surface area contributed by atoms with Gasteiger partial charge in [0.25, 0.3) is 0 Å². The Hall–Kier alpha value is -0.860. The zero-order chi connectivity index (χ0) is 9.10. The smallest absolute Gasteiger partial charge is 0.0447 e. The van der Waals surface area contributed by atoms with Gasteiger partial charge in [-0.05, 0) is 31.1 Å². The molecule has 1 aliphatic heterocycles. The third-order valence-electron chi connectivity index (χ3n) is 2.70. The number of fused-ring (bicyclic) bond motifs is 1. The molecule has 0 saturated carbocycles. The number of nitrogens with one attached hydrogen (secondary N) is 2. The van der Waals surface area contributed by atoms with Crippen molar-refractivity contribution in [2.24, 2.45) is 0 Å². The van der Waals surface area contributed by atoms with Crippen molar-refractivity contribution in [2.45, 2.75) is 12.5 Å². The fourth-order valence-electron chi connectivity index (χ4n) is 1.94. The molecular formula is C11H16N2. The molecule has 13 heavy (non-hydrogen) atoms. The normalized spacial score (nSPS) is 22.1. The van der Waals surface area contributed by atoms with E-state index in [1.54, 1.807) is 0 Å². The van der Waals surface area contributed by atoms with Crippen LogP contribution < -0.4 is 10.6 Å². The Bertz CT molecular complexity index is 283. The van der Waals surface area contributed by atoms with Crippen LogP contribution in [0.1, 0.15) is 17.2 Å². The van der Waals surface area contributed by atoms with Crippen LogP contribution in [0, 0.1) is 0 Å². The molecule has 1 aliphatic rings. The minimum absolute atomic E-state index is 0.471. The average Bonchev–Trinajstić information content (AvgIpc) is 2.39. The second-order valence-electron chi connectivity index (χ2n) is 3.49. The maximum atomic E-state index is 3.43. The van der Waals surface area contributed by atoms with Gasteiger partial charge in [-0.3, -0.25) is 0 Å². The molecule has 0 bridgehead atoms. The lowest BCUT2D eigenvalue weighted by atomic mass is 10.00.